The van der Waals surface area contributed by atoms with Crippen molar-refractivity contribution in [1.82, 2.24) is 5.32 Å². The van der Waals surface area contributed by atoms with Crippen molar-refractivity contribution in [2.45, 2.75) is 5.92 Å². The van der Waals surface area contributed by atoms with Crippen LogP contribution in [0, 0.1) is 0 Å². The predicted molar refractivity (Wildman–Crippen MR) is 60.7 cm³/mol. The number of hydrogen-bond donors (Lipinski definition) is 1. The topological polar surface area (TPSA) is 41.6 Å². The standard InChI is InChI=1S/C12H14N2O2/c15-12-13-5-6-14(12)11-3-1-9(2-4-11)10-7-16-8-10/h1-4,10H,5-8H2,(H,13,15). The normalized spacial score (nSPS) is 20.8. The van der Waals surface area contributed by atoms with E-state index in [2.05, 4.69) is 17.4 Å². The van der Waals surface area contributed by atoms with Crippen LogP contribution in [-0.2, 0) is 4.74 Å². The molecule has 1 aromatic rings. The summed E-state index contributed by atoms with van der Waals surface area (Å²) in [6, 6.07) is 8.21. The van der Waals surface area contributed by atoms with E-state index in [1.165, 1.54) is 5.56 Å². The van der Waals surface area contributed by atoms with Gasteiger partial charge in [-0.1, -0.05) is 12.1 Å². The van der Waals surface area contributed by atoms with Gasteiger partial charge in [0.1, 0.15) is 0 Å². The first kappa shape index (κ1) is 9.66. The summed E-state index contributed by atoms with van der Waals surface area (Å²) in [4.78, 5) is 13.2. The Labute approximate surface area is 94.2 Å². The zero-order valence-electron chi connectivity index (χ0n) is 8.98. The third-order valence-corrected chi connectivity index (χ3v) is 3.17. The number of benzene rings is 1. The minimum Gasteiger partial charge on any atom is -0.380 e. The molecule has 2 saturated heterocycles. The zero-order valence-corrected chi connectivity index (χ0v) is 8.98. The van der Waals surface area contributed by atoms with Gasteiger partial charge >= 0.3 is 6.03 Å². The Morgan fingerprint density at radius 2 is 2.00 bits per heavy atom. The highest BCUT2D eigenvalue weighted by molar-refractivity contribution is 5.93. The van der Waals surface area contributed by atoms with Crippen molar-refractivity contribution < 1.29 is 9.53 Å². The maximum Gasteiger partial charge on any atom is 0.321 e. The fourth-order valence-electron chi connectivity index (χ4n) is 2.07. The van der Waals surface area contributed by atoms with E-state index in [0.717, 1.165) is 32.0 Å². The van der Waals surface area contributed by atoms with Crippen LogP contribution < -0.4 is 10.2 Å². The molecule has 4 nitrogen and oxygen atoms in total. The Morgan fingerprint density at radius 3 is 2.50 bits per heavy atom. The molecule has 2 amide bonds. The lowest BCUT2D eigenvalue weighted by molar-refractivity contribution is 0.00842. The van der Waals surface area contributed by atoms with Gasteiger partial charge in [-0.15, -0.1) is 0 Å². The summed E-state index contributed by atoms with van der Waals surface area (Å²) in [6.07, 6.45) is 0. The van der Waals surface area contributed by atoms with Gasteiger partial charge in [0.25, 0.3) is 0 Å². The van der Waals surface area contributed by atoms with Gasteiger partial charge in [-0.3, -0.25) is 4.90 Å². The molecule has 0 atom stereocenters. The van der Waals surface area contributed by atoms with Crippen molar-refractivity contribution in [2.75, 3.05) is 31.2 Å². The Balaban J connectivity index is 1.78. The zero-order chi connectivity index (χ0) is 11.0. The first-order valence-electron chi connectivity index (χ1n) is 5.58. The lowest BCUT2D eigenvalue weighted by Crippen LogP contribution is -2.28. The molecule has 16 heavy (non-hydrogen) atoms. The minimum atomic E-state index is -0.000252. The van der Waals surface area contributed by atoms with Crippen LogP contribution in [0.4, 0.5) is 10.5 Å². The van der Waals surface area contributed by atoms with Crippen LogP contribution in [0.15, 0.2) is 24.3 Å². The van der Waals surface area contributed by atoms with E-state index in [9.17, 15) is 4.79 Å². The van der Waals surface area contributed by atoms with Crippen LogP contribution in [-0.4, -0.2) is 32.3 Å². The molecule has 1 N–H and O–H groups in total. The van der Waals surface area contributed by atoms with E-state index in [0.29, 0.717) is 5.92 Å². The number of amides is 2. The molecular weight excluding hydrogens is 204 g/mol. The van der Waals surface area contributed by atoms with Crippen molar-refractivity contribution in [3.63, 3.8) is 0 Å². The molecule has 0 bridgehead atoms. The molecule has 1 aromatic carbocycles. The molecule has 0 spiro atoms. The Bertz CT molecular complexity index is 398. The van der Waals surface area contributed by atoms with Crippen molar-refractivity contribution in [1.29, 1.82) is 0 Å². The number of urea groups is 1. The number of anilines is 1. The van der Waals surface area contributed by atoms with Gasteiger partial charge in [0.15, 0.2) is 0 Å². The van der Waals surface area contributed by atoms with Crippen LogP contribution in [0.3, 0.4) is 0 Å². The predicted octanol–water partition coefficient (Wildman–Crippen LogP) is 1.33. The molecule has 0 aliphatic carbocycles. The third kappa shape index (κ3) is 1.55. The maximum absolute atomic E-state index is 11.5. The summed E-state index contributed by atoms with van der Waals surface area (Å²) < 4.78 is 5.16. The van der Waals surface area contributed by atoms with E-state index in [4.69, 9.17) is 4.74 Å². The molecular formula is C12H14N2O2. The van der Waals surface area contributed by atoms with E-state index in [1.54, 1.807) is 4.90 Å². The number of carbonyl (C=O) groups excluding carboxylic acids is 1. The fourth-order valence-corrected chi connectivity index (χ4v) is 2.07. The van der Waals surface area contributed by atoms with Gasteiger partial charge in [-0.05, 0) is 17.7 Å². The number of hydrogen-bond acceptors (Lipinski definition) is 2. The molecule has 0 saturated carbocycles. The van der Waals surface area contributed by atoms with Crippen molar-refractivity contribution in [2.24, 2.45) is 0 Å². The summed E-state index contributed by atoms with van der Waals surface area (Å²) in [7, 11) is 0. The molecule has 2 aliphatic heterocycles. The number of nitrogens with zero attached hydrogens (tertiary/aromatic N) is 1. The first-order valence-corrected chi connectivity index (χ1v) is 5.58. The number of rotatable bonds is 2. The highest BCUT2D eigenvalue weighted by atomic mass is 16.5. The molecule has 84 valence electrons. The quantitative estimate of drug-likeness (QED) is 0.813. The molecule has 0 aromatic heterocycles. The second-order valence-corrected chi connectivity index (χ2v) is 4.21. The van der Waals surface area contributed by atoms with Crippen molar-refractivity contribution >= 4 is 11.7 Å². The molecule has 2 aliphatic rings. The average molecular weight is 218 g/mol. The van der Waals surface area contributed by atoms with Crippen LogP contribution in [0.5, 0.6) is 0 Å². The van der Waals surface area contributed by atoms with Gasteiger partial charge in [0, 0.05) is 24.7 Å². The van der Waals surface area contributed by atoms with Crippen LogP contribution >= 0.6 is 0 Å². The van der Waals surface area contributed by atoms with E-state index in [-0.39, 0.29) is 6.03 Å². The molecule has 0 unspecified atom stereocenters. The molecule has 2 fully saturated rings. The largest absolute Gasteiger partial charge is 0.380 e. The lowest BCUT2D eigenvalue weighted by Gasteiger charge is -2.26. The average Bonchev–Trinajstić information content (AvgIpc) is 2.63. The highest BCUT2D eigenvalue weighted by Gasteiger charge is 2.23. The maximum atomic E-state index is 11.5. The van der Waals surface area contributed by atoms with Crippen LogP contribution in [0.1, 0.15) is 11.5 Å². The SMILES string of the molecule is O=C1NCCN1c1ccc(C2COC2)cc1. The van der Waals surface area contributed by atoms with E-state index in [1.807, 2.05) is 12.1 Å². The molecule has 0 radical (unpaired) electrons. The second kappa shape index (κ2) is 3.79. The highest BCUT2D eigenvalue weighted by Crippen LogP contribution is 2.26. The Kier molecular flexibility index (Phi) is 2.29. The molecule has 3 rings (SSSR count). The summed E-state index contributed by atoms with van der Waals surface area (Å²) in [5.41, 5.74) is 2.27. The Hall–Kier alpha value is -1.55. The summed E-state index contributed by atoms with van der Waals surface area (Å²) in [6.45, 7) is 3.13. The van der Waals surface area contributed by atoms with E-state index >= 15 is 0 Å². The van der Waals surface area contributed by atoms with Gasteiger partial charge < -0.3 is 10.1 Å². The van der Waals surface area contributed by atoms with Crippen LogP contribution in [0.25, 0.3) is 0 Å². The summed E-state index contributed by atoms with van der Waals surface area (Å²) in [5.74, 6) is 0.543. The number of carbonyl (C=O) groups is 1. The smallest absolute Gasteiger partial charge is 0.321 e. The fraction of sp³-hybridized carbons (Fsp3) is 0.417. The number of ether oxygens (including phenoxy) is 1. The second-order valence-electron chi connectivity index (χ2n) is 4.21. The lowest BCUT2D eigenvalue weighted by atomic mass is 9.97. The van der Waals surface area contributed by atoms with Gasteiger partial charge in [-0.25, -0.2) is 4.79 Å². The van der Waals surface area contributed by atoms with Crippen LogP contribution in [0.2, 0.25) is 0 Å². The van der Waals surface area contributed by atoms with Gasteiger partial charge in [-0.2, -0.15) is 0 Å². The molecule has 2 heterocycles. The Morgan fingerprint density at radius 1 is 1.25 bits per heavy atom. The van der Waals surface area contributed by atoms with Crippen molar-refractivity contribution in [3.05, 3.63) is 29.8 Å². The minimum absolute atomic E-state index is 0.000252. The first-order chi connectivity index (χ1) is 7.84. The summed E-state index contributed by atoms with van der Waals surface area (Å²) in [5, 5.41) is 2.79. The van der Waals surface area contributed by atoms with Crippen molar-refractivity contribution in [3.8, 4) is 0 Å². The molecule has 4 heteroatoms. The van der Waals surface area contributed by atoms with E-state index < -0.39 is 0 Å². The third-order valence-electron chi connectivity index (χ3n) is 3.17. The van der Waals surface area contributed by atoms with Gasteiger partial charge in [0.05, 0.1) is 13.2 Å². The number of nitrogens with one attached hydrogen (secondary N) is 1. The van der Waals surface area contributed by atoms with Gasteiger partial charge in [0.2, 0.25) is 0 Å². The summed E-state index contributed by atoms with van der Waals surface area (Å²) >= 11 is 0. The monoisotopic (exact) mass is 218 g/mol.